The third kappa shape index (κ3) is 1.11. The molecule has 0 N–H and O–H groups in total. The van der Waals surface area contributed by atoms with Gasteiger partial charge in [0, 0.05) is 7.05 Å². The molecule has 64 valence electrons. The standard InChI is InChI=1S/C9H7N3O/c1-12-7(5-10)6-11-9(12)8-3-2-4-13-8/h2-4,6H,1H3. The van der Waals surface area contributed by atoms with Crippen LogP contribution in [-0.4, -0.2) is 9.55 Å². The molecule has 0 amide bonds. The van der Waals surface area contributed by atoms with Gasteiger partial charge in [0.05, 0.1) is 12.5 Å². The van der Waals surface area contributed by atoms with Crippen LogP contribution in [0.15, 0.2) is 29.0 Å². The molecule has 2 aromatic rings. The van der Waals surface area contributed by atoms with E-state index in [1.165, 1.54) is 6.20 Å². The van der Waals surface area contributed by atoms with E-state index in [-0.39, 0.29) is 0 Å². The average molecular weight is 173 g/mol. The van der Waals surface area contributed by atoms with E-state index in [1.54, 1.807) is 23.9 Å². The van der Waals surface area contributed by atoms with Crippen molar-refractivity contribution in [3.8, 4) is 17.7 Å². The molecule has 0 atom stereocenters. The Morgan fingerprint density at radius 3 is 3.00 bits per heavy atom. The van der Waals surface area contributed by atoms with Crippen LogP contribution < -0.4 is 0 Å². The molecule has 0 aromatic carbocycles. The molecule has 0 saturated heterocycles. The summed E-state index contributed by atoms with van der Waals surface area (Å²) in [6.45, 7) is 0. The summed E-state index contributed by atoms with van der Waals surface area (Å²) in [5, 5.41) is 8.69. The maximum Gasteiger partial charge on any atom is 0.176 e. The van der Waals surface area contributed by atoms with Crippen LogP contribution in [0.3, 0.4) is 0 Å². The molecule has 4 nitrogen and oxygen atoms in total. The van der Waals surface area contributed by atoms with Gasteiger partial charge in [0.2, 0.25) is 0 Å². The number of aromatic nitrogens is 2. The number of hydrogen-bond donors (Lipinski definition) is 0. The van der Waals surface area contributed by atoms with E-state index in [1.807, 2.05) is 12.1 Å². The molecular weight excluding hydrogens is 166 g/mol. The molecule has 4 heteroatoms. The van der Waals surface area contributed by atoms with Gasteiger partial charge in [-0.15, -0.1) is 0 Å². The van der Waals surface area contributed by atoms with Crippen LogP contribution in [-0.2, 0) is 7.05 Å². The quantitative estimate of drug-likeness (QED) is 0.657. The molecule has 0 bridgehead atoms. The minimum atomic E-state index is 0.520. The van der Waals surface area contributed by atoms with Crippen molar-refractivity contribution in [2.45, 2.75) is 0 Å². The Hall–Kier alpha value is -2.02. The minimum absolute atomic E-state index is 0.520. The lowest BCUT2D eigenvalue weighted by molar-refractivity contribution is 0.574. The summed E-state index contributed by atoms with van der Waals surface area (Å²) < 4.78 is 6.86. The van der Waals surface area contributed by atoms with Crippen molar-refractivity contribution in [1.29, 1.82) is 5.26 Å². The Bertz CT molecular complexity index is 448. The van der Waals surface area contributed by atoms with Crippen molar-refractivity contribution in [3.05, 3.63) is 30.3 Å². The van der Waals surface area contributed by atoms with Gasteiger partial charge in [-0.1, -0.05) is 0 Å². The van der Waals surface area contributed by atoms with Gasteiger partial charge in [-0.2, -0.15) is 5.26 Å². The van der Waals surface area contributed by atoms with Crippen LogP contribution in [0.25, 0.3) is 11.6 Å². The van der Waals surface area contributed by atoms with Crippen LogP contribution in [0.5, 0.6) is 0 Å². The number of rotatable bonds is 1. The Balaban J connectivity index is 2.55. The third-order valence-electron chi connectivity index (χ3n) is 1.84. The number of imidazole rings is 1. The summed E-state index contributed by atoms with van der Waals surface area (Å²) in [5.74, 6) is 1.34. The number of nitrogens with zero attached hydrogens (tertiary/aromatic N) is 3. The maximum absolute atomic E-state index is 8.69. The Morgan fingerprint density at radius 2 is 2.46 bits per heavy atom. The second-order valence-electron chi connectivity index (χ2n) is 2.62. The zero-order valence-corrected chi connectivity index (χ0v) is 7.06. The fourth-order valence-electron chi connectivity index (χ4n) is 1.15. The highest BCUT2D eigenvalue weighted by Crippen LogP contribution is 2.18. The van der Waals surface area contributed by atoms with E-state index in [2.05, 4.69) is 4.98 Å². The largest absolute Gasteiger partial charge is 0.461 e. The van der Waals surface area contributed by atoms with Gasteiger partial charge in [0.1, 0.15) is 11.8 Å². The van der Waals surface area contributed by atoms with E-state index in [4.69, 9.17) is 9.68 Å². The Labute approximate surface area is 75.0 Å². The molecule has 2 aromatic heterocycles. The lowest BCUT2D eigenvalue weighted by atomic mass is 10.4. The van der Waals surface area contributed by atoms with Crippen LogP contribution >= 0.6 is 0 Å². The van der Waals surface area contributed by atoms with Crippen molar-refractivity contribution >= 4 is 0 Å². The first-order valence-electron chi connectivity index (χ1n) is 3.78. The van der Waals surface area contributed by atoms with Crippen LogP contribution in [0, 0.1) is 11.3 Å². The summed E-state index contributed by atoms with van der Waals surface area (Å²) in [5.41, 5.74) is 0.520. The van der Waals surface area contributed by atoms with Crippen molar-refractivity contribution in [3.63, 3.8) is 0 Å². The highest BCUT2D eigenvalue weighted by atomic mass is 16.3. The molecule has 0 spiro atoms. The Kier molecular flexibility index (Phi) is 1.64. The van der Waals surface area contributed by atoms with Gasteiger partial charge in [0.25, 0.3) is 0 Å². The highest BCUT2D eigenvalue weighted by Gasteiger charge is 2.09. The van der Waals surface area contributed by atoms with Crippen molar-refractivity contribution in [1.82, 2.24) is 9.55 Å². The summed E-state index contributed by atoms with van der Waals surface area (Å²) >= 11 is 0. The Morgan fingerprint density at radius 1 is 1.62 bits per heavy atom. The van der Waals surface area contributed by atoms with Crippen molar-refractivity contribution in [2.75, 3.05) is 0 Å². The summed E-state index contributed by atoms with van der Waals surface area (Å²) in [6.07, 6.45) is 3.11. The molecule has 0 unspecified atom stereocenters. The molecule has 0 saturated carbocycles. The van der Waals surface area contributed by atoms with Crippen LogP contribution in [0.2, 0.25) is 0 Å². The topological polar surface area (TPSA) is 54.8 Å². The number of nitriles is 1. The fourth-order valence-corrected chi connectivity index (χ4v) is 1.15. The lowest BCUT2D eigenvalue weighted by Crippen LogP contribution is -1.94. The first-order valence-corrected chi connectivity index (χ1v) is 3.78. The van der Waals surface area contributed by atoms with Crippen LogP contribution in [0.4, 0.5) is 0 Å². The molecule has 0 aliphatic rings. The molecule has 13 heavy (non-hydrogen) atoms. The molecule has 2 heterocycles. The maximum atomic E-state index is 8.69. The summed E-state index contributed by atoms with van der Waals surface area (Å²) in [7, 11) is 1.78. The highest BCUT2D eigenvalue weighted by molar-refractivity contribution is 5.49. The van der Waals surface area contributed by atoms with Gasteiger partial charge < -0.3 is 8.98 Å². The lowest BCUT2D eigenvalue weighted by Gasteiger charge is -1.96. The molecule has 0 aliphatic heterocycles. The predicted molar refractivity (Wildman–Crippen MR) is 45.6 cm³/mol. The second-order valence-corrected chi connectivity index (χ2v) is 2.62. The first-order chi connectivity index (χ1) is 6.33. The first kappa shape index (κ1) is 7.62. The zero-order chi connectivity index (χ0) is 9.26. The van der Waals surface area contributed by atoms with Gasteiger partial charge in [0.15, 0.2) is 11.6 Å². The molecule has 0 fully saturated rings. The normalized spacial score (nSPS) is 9.85. The van der Waals surface area contributed by atoms with E-state index >= 15 is 0 Å². The molecule has 0 aliphatic carbocycles. The predicted octanol–water partition coefficient (Wildman–Crippen LogP) is 1.55. The minimum Gasteiger partial charge on any atom is -0.461 e. The fraction of sp³-hybridized carbons (Fsp3) is 0.111. The summed E-state index contributed by atoms with van der Waals surface area (Å²) in [6, 6.07) is 5.63. The monoisotopic (exact) mass is 173 g/mol. The van der Waals surface area contributed by atoms with E-state index in [0.717, 1.165) is 0 Å². The van der Waals surface area contributed by atoms with Gasteiger partial charge in [-0.3, -0.25) is 0 Å². The molecular formula is C9H7N3O. The summed E-state index contributed by atoms with van der Waals surface area (Å²) in [4.78, 5) is 4.08. The van der Waals surface area contributed by atoms with Crippen LogP contribution in [0.1, 0.15) is 5.69 Å². The van der Waals surface area contributed by atoms with Crippen molar-refractivity contribution < 1.29 is 4.42 Å². The van der Waals surface area contributed by atoms with Crippen molar-refractivity contribution in [2.24, 2.45) is 7.05 Å². The number of hydrogen-bond acceptors (Lipinski definition) is 3. The van der Waals surface area contributed by atoms with E-state index < -0.39 is 0 Å². The van der Waals surface area contributed by atoms with Gasteiger partial charge in [-0.05, 0) is 12.1 Å². The smallest absolute Gasteiger partial charge is 0.176 e. The van der Waals surface area contributed by atoms with Gasteiger partial charge in [-0.25, -0.2) is 4.98 Å². The SMILES string of the molecule is Cn1c(C#N)cnc1-c1ccco1. The van der Waals surface area contributed by atoms with E-state index in [0.29, 0.717) is 17.3 Å². The molecule has 0 radical (unpaired) electrons. The third-order valence-corrected chi connectivity index (χ3v) is 1.84. The molecule has 2 rings (SSSR count). The zero-order valence-electron chi connectivity index (χ0n) is 7.06. The average Bonchev–Trinajstić information content (AvgIpc) is 2.72. The second kappa shape index (κ2) is 2.79. The number of furan rings is 1. The van der Waals surface area contributed by atoms with Gasteiger partial charge >= 0.3 is 0 Å². The van der Waals surface area contributed by atoms with E-state index in [9.17, 15) is 0 Å².